The highest BCUT2D eigenvalue weighted by Crippen LogP contribution is 2.44. The quantitative estimate of drug-likeness (QED) is 0.446. The van der Waals surface area contributed by atoms with Gasteiger partial charge in [0.05, 0.1) is 23.5 Å². The molecule has 1 fully saturated rings. The number of aromatic nitrogens is 3. The van der Waals surface area contributed by atoms with Crippen LogP contribution in [0.15, 0.2) is 28.9 Å². The lowest BCUT2D eigenvalue weighted by atomic mass is 10.2. The Kier molecular flexibility index (Phi) is 7.68. The molecule has 9 nitrogen and oxygen atoms in total. The SMILES string of the molecule is Cc1nc(N2CCN(CCO)CC2)cc(N(c2ncc(C(N)=O)s2)c2c(C)ccc(Br)c2Cl)n1. The van der Waals surface area contributed by atoms with E-state index in [1.165, 1.54) is 17.5 Å². The van der Waals surface area contributed by atoms with Crippen LogP contribution < -0.4 is 15.5 Å². The van der Waals surface area contributed by atoms with Crippen molar-refractivity contribution in [2.45, 2.75) is 13.8 Å². The molecule has 12 heteroatoms. The van der Waals surface area contributed by atoms with Crippen molar-refractivity contribution in [2.24, 2.45) is 5.73 Å². The molecule has 0 atom stereocenters. The molecule has 4 rings (SSSR count). The number of aryl methyl sites for hydroxylation is 2. The van der Waals surface area contributed by atoms with E-state index in [4.69, 9.17) is 22.3 Å². The summed E-state index contributed by atoms with van der Waals surface area (Å²) in [6.45, 7) is 7.88. The van der Waals surface area contributed by atoms with E-state index in [-0.39, 0.29) is 6.61 Å². The van der Waals surface area contributed by atoms with Gasteiger partial charge in [-0.05, 0) is 41.4 Å². The van der Waals surface area contributed by atoms with Gasteiger partial charge in [-0.1, -0.05) is 29.0 Å². The van der Waals surface area contributed by atoms with E-state index < -0.39 is 5.91 Å². The molecule has 0 radical (unpaired) electrons. The Bertz CT molecular complexity index is 1200. The Balaban J connectivity index is 1.80. The smallest absolute Gasteiger partial charge is 0.260 e. The van der Waals surface area contributed by atoms with Gasteiger partial charge in [0.25, 0.3) is 5.91 Å². The topological polar surface area (TPSA) is 112 Å². The van der Waals surface area contributed by atoms with Gasteiger partial charge in [-0.15, -0.1) is 0 Å². The minimum absolute atomic E-state index is 0.152. The van der Waals surface area contributed by atoms with Crippen LogP contribution in [0.1, 0.15) is 21.1 Å². The van der Waals surface area contributed by atoms with E-state index in [1.807, 2.05) is 36.9 Å². The van der Waals surface area contributed by atoms with Crippen LogP contribution in [0.25, 0.3) is 0 Å². The number of β-amino-alcohol motifs (C(OH)–C–C–N with tert-alkyl or cyclic N) is 1. The van der Waals surface area contributed by atoms with Gasteiger partial charge in [-0.25, -0.2) is 15.0 Å². The van der Waals surface area contributed by atoms with Gasteiger partial charge in [-0.2, -0.15) is 0 Å². The Morgan fingerprint density at radius 1 is 1.26 bits per heavy atom. The second-order valence-corrected chi connectivity index (χ2v) is 10.2. The molecule has 1 amide bonds. The first-order chi connectivity index (χ1) is 16.3. The lowest BCUT2D eigenvalue weighted by Gasteiger charge is -2.35. The number of piperazine rings is 1. The molecule has 1 aliphatic rings. The zero-order valence-electron chi connectivity index (χ0n) is 18.8. The third-order valence-corrected chi connectivity index (χ3v) is 7.84. The molecule has 0 unspecified atom stereocenters. The van der Waals surface area contributed by atoms with Gasteiger partial charge in [0.2, 0.25) is 0 Å². The summed E-state index contributed by atoms with van der Waals surface area (Å²) in [4.78, 5) is 32.3. The zero-order valence-corrected chi connectivity index (χ0v) is 22.0. The van der Waals surface area contributed by atoms with Crippen LogP contribution >= 0.6 is 38.9 Å². The molecule has 0 bridgehead atoms. The maximum Gasteiger partial charge on any atom is 0.260 e. The van der Waals surface area contributed by atoms with Crippen molar-refractivity contribution in [1.29, 1.82) is 0 Å². The second kappa shape index (κ2) is 10.5. The lowest BCUT2D eigenvalue weighted by Crippen LogP contribution is -2.47. The fraction of sp³-hybridized carbons (Fsp3) is 0.364. The molecule has 1 saturated heterocycles. The minimum atomic E-state index is -0.541. The van der Waals surface area contributed by atoms with Crippen molar-refractivity contribution >= 4 is 67.2 Å². The van der Waals surface area contributed by atoms with Crippen LogP contribution in [-0.2, 0) is 0 Å². The summed E-state index contributed by atoms with van der Waals surface area (Å²) in [6.07, 6.45) is 1.46. The largest absolute Gasteiger partial charge is 0.395 e. The molecule has 2 aromatic heterocycles. The number of aliphatic hydroxyl groups excluding tert-OH is 1. The summed E-state index contributed by atoms with van der Waals surface area (Å²) in [6, 6.07) is 5.76. The van der Waals surface area contributed by atoms with Crippen molar-refractivity contribution in [3.8, 4) is 0 Å². The summed E-state index contributed by atoms with van der Waals surface area (Å²) < 4.78 is 0.734. The molecule has 3 aromatic rings. The fourth-order valence-corrected chi connectivity index (χ4v) is 5.26. The number of carbonyl (C=O) groups excluding carboxylic acids is 1. The maximum atomic E-state index is 11.8. The molecule has 0 spiro atoms. The third-order valence-electron chi connectivity index (χ3n) is 5.57. The van der Waals surface area contributed by atoms with Crippen LogP contribution in [-0.4, -0.2) is 70.2 Å². The van der Waals surface area contributed by atoms with Crippen LogP contribution in [0.4, 0.5) is 22.5 Å². The fourth-order valence-electron chi connectivity index (χ4n) is 3.86. The predicted octanol–water partition coefficient (Wildman–Crippen LogP) is 3.65. The molecular weight excluding hydrogens is 542 g/mol. The summed E-state index contributed by atoms with van der Waals surface area (Å²) >= 11 is 11.4. The standard InChI is InChI=1S/C22H25BrClN7O2S/c1-13-3-4-15(23)19(24)20(13)31(22-26-12-16(34-22)21(25)33)18-11-17(27-14(2)28-18)30-7-5-29(6-8-30)9-10-32/h3-4,11-12,32H,5-10H2,1-2H3,(H2,25,33). The lowest BCUT2D eigenvalue weighted by molar-refractivity contribution is 0.100. The first-order valence-electron chi connectivity index (χ1n) is 10.7. The molecule has 1 aliphatic heterocycles. The van der Waals surface area contributed by atoms with Crippen molar-refractivity contribution in [2.75, 3.05) is 49.1 Å². The summed E-state index contributed by atoms with van der Waals surface area (Å²) in [5.41, 5.74) is 7.12. The number of thiazole rings is 1. The number of anilines is 4. The summed E-state index contributed by atoms with van der Waals surface area (Å²) in [7, 11) is 0. The van der Waals surface area contributed by atoms with Crippen molar-refractivity contribution in [1.82, 2.24) is 19.9 Å². The van der Waals surface area contributed by atoms with Crippen LogP contribution in [0.5, 0.6) is 0 Å². The first kappa shape index (κ1) is 24.8. The van der Waals surface area contributed by atoms with Crippen molar-refractivity contribution < 1.29 is 9.90 Å². The number of rotatable bonds is 7. The molecule has 0 aliphatic carbocycles. The van der Waals surface area contributed by atoms with Gasteiger partial charge < -0.3 is 15.7 Å². The number of hydrogen-bond acceptors (Lipinski definition) is 9. The monoisotopic (exact) mass is 565 g/mol. The minimum Gasteiger partial charge on any atom is -0.395 e. The molecule has 0 saturated carbocycles. The van der Waals surface area contributed by atoms with E-state index in [0.717, 1.165) is 42.0 Å². The third kappa shape index (κ3) is 5.18. The summed E-state index contributed by atoms with van der Waals surface area (Å²) in [5.74, 6) is 1.45. The molecule has 1 aromatic carbocycles. The number of aliphatic hydroxyl groups is 1. The number of nitrogens with two attached hydrogens (primary N) is 1. The van der Waals surface area contributed by atoms with Gasteiger partial charge >= 0.3 is 0 Å². The molecule has 34 heavy (non-hydrogen) atoms. The number of halogens is 2. The zero-order chi connectivity index (χ0) is 24.4. The van der Waals surface area contributed by atoms with Gasteiger partial charge in [-0.3, -0.25) is 14.6 Å². The van der Waals surface area contributed by atoms with Crippen molar-refractivity contribution in [3.63, 3.8) is 0 Å². The van der Waals surface area contributed by atoms with E-state index in [9.17, 15) is 9.90 Å². The number of amides is 1. The van der Waals surface area contributed by atoms with Crippen LogP contribution in [0.2, 0.25) is 5.02 Å². The number of nitrogens with zero attached hydrogens (tertiary/aromatic N) is 6. The average molecular weight is 567 g/mol. The number of benzene rings is 1. The molecular formula is C22H25BrClN7O2S. The Labute approximate surface area is 215 Å². The number of carbonyl (C=O) groups is 1. The summed E-state index contributed by atoms with van der Waals surface area (Å²) in [5, 5.41) is 10.3. The predicted molar refractivity (Wildman–Crippen MR) is 139 cm³/mol. The maximum absolute atomic E-state index is 11.8. The number of hydrogen-bond donors (Lipinski definition) is 2. The Morgan fingerprint density at radius 2 is 2.00 bits per heavy atom. The Hall–Kier alpha value is -2.31. The number of primary amides is 1. The molecule has 3 N–H and O–H groups in total. The van der Waals surface area contributed by atoms with Crippen molar-refractivity contribution in [3.05, 3.63) is 50.2 Å². The van der Waals surface area contributed by atoms with E-state index in [2.05, 4.69) is 35.7 Å². The Morgan fingerprint density at radius 3 is 2.65 bits per heavy atom. The highest BCUT2D eigenvalue weighted by molar-refractivity contribution is 9.10. The van der Waals surface area contributed by atoms with Gasteiger partial charge in [0.1, 0.15) is 22.3 Å². The van der Waals surface area contributed by atoms with Crippen LogP contribution in [0.3, 0.4) is 0 Å². The first-order valence-corrected chi connectivity index (χ1v) is 12.7. The van der Waals surface area contributed by atoms with E-state index >= 15 is 0 Å². The van der Waals surface area contributed by atoms with E-state index in [1.54, 1.807) is 0 Å². The normalized spacial score (nSPS) is 14.4. The van der Waals surface area contributed by atoms with E-state index in [0.29, 0.717) is 38.9 Å². The second-order valence-electron chi connectivity index (χ2n) is 7.92. The molecule has 180 valence electrons. The highest BCUT2D eigenvalue weighted by atomic mass is 79.9. The highest BCUT2D eigenvalue weighted by Gasteiger charge is 2.26. The average Bonchev–Trinajstić information content (AvgIpc) is 3.30. The van der Waals surface area contributed by atoms with Crippen LogP contribution in [0, 0.1) is 13.8 Å². The molecule has 3 heterocycles. The van der Waals surface area contributed by atoms with Gasteiger partial charge in [0.15, 0.2) is 5.13 Å². The van der Waals surface area contributed by atoms with Gasteiger partial charge in [0, 0.05) is 43.3 Å².